The van der Waals surface area contributed by atoms with Gasteiger partial charge in [0.2, 0.25) is 0 Å². The van der Waals surface area contributed by atoms with Crippen molar-refractivity contribution in [2.24, 2.45) is 0 Å². The van der Waals surface area contributed by atoms with Gasteiger partial charge in [-0.15, -0.1) is 0 Å². The average molecular weight is 757 g/mol. The maximum atomic E-state index is 13.7. The number of aliphatic hydroxyl groups is 1. The number of aromatic nitrogens is 2. The number of carboxylic acids is 1. The van der Waals surface area contributed by atoms with Crippen molar-refractivity contribution in [3.05, 3.63) is 106 Å². The number of hydrogen-bond acceptors (Lipinski definition) is 8. The Morgan fingerprint density at radius 1 is 0.696 bits per heavy atom. The summed E-state index contributed by atoms with van der Waals surface area (Å²) < 4.78 is 0. The lowest BCUT2D eigenvalue weighted by molar-refractivity contribution is -0.144. The molecule has 2 aliphatic carbocycles. The minimum atomic E-state index is -0.779. The van der Waals surface area contributed by atoms with Crippen LogP contribution in [-0.4, -0.2) is 79.5 Å². The van der Waals surface area contributed by atoms with Crippen molar-refractivity contribution < 1.29 is 24.6 Å². The van der Waals surface area contributed by atoms with Crippen LogP contribution in [0.25, 0.3) is 11.1 Å². The van der Waals surface area contributed by atoms with Crippen LogP contribution in [0.5, 0.6) is 0 Å². The molecule has 0 bridgehead atoms. The van der Waals surface area contributed by atoms with E-state index in [9.17, 15) is 24.6 Å². The Bertz CT molecular complexity index is 2150. The molecule has 0 radical (unpaired) electrons. The van der Waals surface area contributed by atoms with Gasteiger partial charge in [-0.1, -0.05) is 30.7 Å². The van der Waals surface area contributed by atoms with Crippen LogP contribution < -0.4 is 10.6 Å². The number of piperidine rings is 1. The Hall–Kier alpha value is -4.97. The highest BCUT2D eigenvalue weighted by molar-refractivity contribution is 6.05. The molecule has 11 heteroatoms. The molecule has 4 aliphatic rings. The van der Waals surface area contributed by atoms with Gasteiger partial charge < -0.3 is 20.8 Å². The number of hydrogen-bond donors (Lipinski definition) is 4. The monoisotopic (exact) mass is 756 g/mol. The molecule has 4 heterocycles. The number of benzene rings is 2. The lowest BCUT2D eigenvalue weighted by Gasteiger charge is -2.33. The first kappa shape index (κ1) is 37.9. The van der Waals surface area contributed by atoms with Crippen molar-refractivity contribution in [1.29, 1.82) is 0 Å². The second kappa shape index (κ2) is 16.3. The number of carbonyl (C=O) groups excluding carboxylic acids is 2. The minimum absolute atomic E-state index is 0.163. The first-order valence-electron chi connectivity index (χ1n) is 20.3. The SMILES string of the molecule is Cc1c(NC(=O)c2cc(C3CC3)c(CN3CCC[C@H]3CO)cn2)cccc1-c1cccc(NC(=O)c2cc(C3CC3)c(CN3CCCC[C@H]3C(=O)O)cn2)c1C. The van der Waals surface area contributed by atoms with Crippen molar-refractivity contribution in [3.8, 4) is 11.1 Å². The summed E-state index contributed by atoms with van der Waals surface area (Å²) in [6.45, 7) is 7.10. The fourth-order valence-electron chi connectivity index (χ4n) is 8.77. The van der Waals surface area contributed by atoms with Gasteiger partial charge in [0.25, 0.3) is 11.8 Å². The molecule has 4 fully saturated rings. The molecule has 2 saturated carbocycles. The first-order chi connectivity index (χ1) is 27.2. The molecular weight excluding hydrogens is 705 g/mol. The maximum Gasteiger partial charge on any atom is 0.320 e. The number of nitrogens with zero attached hydrogens (tertiary/aromatic N) is 4. The molecule has 2 atom stereocenters. The number of nitrogens with one attached hydrogen (secondary N) is 2. The zero-order valence-corrected chi connectivity index (χ0v) is 32.4. The Labute approximate surface area is 328 Å². The first-order valence-corrected chi connectivity index (χ1v) is 20.3. The van der Waals surface area contributed by atoms with E-state index in [-0.39, 0.29) is 24.5 Å². The van der Waals surface area contributed by atoms with E-state index in [1.807, 2.05) is 73.5 Å². The number of rotatable bonds is 13. The van der Waals surface area contributed by atoms with Crippen LogP contribution in [-0.2, 0) is 17.9 Å². The fourth-order valence-corrected chi connectivity index (χ4v) is 8.77. The van der Waals surface area contributed by atoms with Gasteiger partial charge in [-0.25, -0.2) is 0 Å². The van der Waals surface area contributed by atoms with Gasteiger partial charge in [0, 0.05) is 42.9 Å². The summed E-state index contributed by atoms with van der Waals surface area (Å²) in [7, 11) is 0. The molecule has 8 rings (SSSR count). The summed E-state index contributed by atoms with van der Waals surface area (Å²) in [6.07, 6.45) is 12.6. The molecule has 56 heavy (non-hydrogen) atoms. The normalized spacial score (nSPS) is 20.2. The van der Waals surface area contributed by atoms with Crippen molar-refractivity contribution in [2.75, 3.05) is 30.3 Å². The van der Waals surface area contributed by atoms with Gasteiger partial charge in [0.15, 0.2) is 0 Å². The number of aliphatic hydroxyl groups excluding tert-OH is 1. The standard InChI is InChI=1S/C45H52N6O5/c1-27-34(9-5-11-38(27)48-43(53)40-20-36(29-14-15-29)31(22-46-40)24-50-19-7-8-33(50)26-52)35-10-6-12-39(28(35)2)49-44(54)41-21-37(30-16-17-30)32(23-47-41)25-51-18-4-3-13-42(51)45(55)56/h5-6,9-12,20-23,29-30,33,42,52H,3-4,7-8,13-19,24-26H2,1-2H3,(H,48,53)(H,49,54)(H,55,56)/t33-,42-/m0/s1. The van der Waals surface area contributed by atoms with Gasteiger partial charge in [-0.3, -0.25) is 34.2 Å². The van der Waals surface area contributed by atoms with Crippen LogP contribution in [0.2, 0.25) is 0 Å². The van der Waals surface area contributed by atoms with Crippen LogP contribution in [0.15, 0.2) is 60.9 Å². The predicted molar refractivity (Wildman–Crippen MR) is 216 cm³/mol. The zero-order chi connectivity index (χ0) is 38.9. The molecule has 2 aromatic carbocycles. The van der Waals surface area contributed by atoms with E-state index in [1.54, 1.807) is 6.20 Å². The van der Waals surface area contributed by atoms with E-state index >= 15 is 0 Å². The van der Waals surface area contributed by atoms with Crippen molar-refractivity contribution in [1.82, 2.24) is 19.8 Å². The molecule has 2 aromatic heterocycles. The van der Waals surface area contributed by atoms with Crippen molar-refractivity contribution >= 4 is 29.2 Å². The topological polar surface area (TPSA) is 148 Å². The minimum Gasteiger partial charge on any atom is -0.480 e. The second-order valence-electron chi connectivity index (χ2n) is 16.2. The predicted octanol–water partition coefficient (Wildman–Crippen LogP) is 7.42. The number of amides is 2. The highest BCUT2D eigenvalue weighted by Crippen LogP contribution is 2.44. The molecule has 2 amide bonds. The van der Waals surface area contributed by atoms with E-state index in [4.69, 9.17) is 0 Å². The van der Waals surface area contributed by atoms with Gasteiger partial charge in [-0.05, 0) is 159 Å². The van der Waals surface area contributed by atoms with Crippen LogP contribution in [0, 0.1) is 13.8 Å². The summed E-state index contributed by atoms with van der Waals surface area (Å²) in [4.78, 5) is 52.9. The molecule has 2 saturated heterocycles. The van der Waals surface area contributed by atoms with E-state index in [2.05, 4.69) is 25.5 Å². The molecule has 4 aromatic rings. The third-order valence-corrected chi connectivity index (χ3v) is 12.4. The molecular formula is C45H52N6O5. The van der Waals surface area contributed by atoms with E-state index in [0.29, 0.717) is 47.6 Å². The van der Waals surface area contributed by atoms with Crippen LogP contribution >= 0.6 is 0 Å². The smallest absolute Gasteiger partial charge is 0.320 e. The van der Waals surface area contributed by atoms with Crippen LogP contribution in [0.3, 0.4) is 0 Å². The number of anilines is 2. The molecule has 2 aliphatic heterocycles. The highest BCUT2D eigenvalue weighted by Gasteiger charge is 2.33. The Morgan fingerprint density at radius 2 is 1.21 bits per heavy atom. The molecule has 11 nitrogen and oxygen atoms in total. The summed E-state index contributed by atoms with van der Waals surface area (Å²) in [5.41, 5.74) is 10.2. The summed E-state index contributed by atoms with van der Waals surface area (Å²) >= 11 is 0. The van der Waals surface area contributed by atoms with Crippen LogP contribution in [0.1, 0.15) is 124 Å². The Balaban J connectivity index is 0.977. The summed E-state index contributed by atoms with van der Waals surface area (Å²) in [5, 5.41) is 25.9. The van der Waals surface area contributed by atoms with E-state index in [0.717, 1.165) is 110 Å². The molecule has 0 spiro atoms. The van der Waals surface area contributed by atoms with Gasteiger partial charge in [0.05, 0.1) is 6.61 Å². The fraction of sp³-hybridized carbons (Fsp3) is 0.444. The molecule has 4 N–H and O–H groups in total. The number of aliphatic carboxylic acids is 1. The van der Waals surface area contributed by atoms with Crippen molar-refractivity contribution in [2.45, 2.75) is 109 Å². The number of carbonyl (C=O) groups is 3. The van der Waals surface area contributed by atoms with Crippen molar-refractivity contribution in [3.63, 3.8) is 0 Å². The average Bonchev–Trinajstić information content (AvgIpc) is 4.15. The molecule has 0 unspecified atom stereocenters. The number of pyridine rings is 2. The lowest BCUT2D eigenvalue weighted by Crippen LogP contribution is -2.44. The third kappa shape index (κ3) is 8.12. The highest BCUT2D eigenvalue weighted by atomic mass is 16.4. The zero-order valence-electron chi connectivity index (χ0n) is 32.4. The van der Waals surface area contributed by atoms with Crippen LogP contribution in [0.4, 0.5) is 11.4 Å². The van der Waals surface area contributed by atoms with Gasteiger partial charge in [0.1, 0.15) is 17.4 Å². The van der Waals surface area contributed by atoms with E-state index in [1.165, 1.54) is 5.56 Å². The lowest BCUT2D eigenvalue weighted by atomic mass is 9.94. The van der Waals surface area contributed by atoms with Gasteiger partial charge in [-0.2, -0.15) is 0 Å². The Kier molecular flexibility index (Phi) is 11.0. The largest absolute Gasteiger partial charge is 0.480 e. The second-order valence-corrected chi connectivity index (χ2v) is 16.2. The quantitative estimate of drug-likeness (QED) is 0.109. The summed E-state index contributed by atoms with van der Waals surface area (Å²) in [6, 6.07) is 15.2. The van der Waals surface area contributed by atoms with E-state index < -0.39 is 12.0 Å². The van der Waals surface area contributed by atoms with Gasteiger partial charge >= 0.3 is 5.97 Å². The summed E-state index contributed by atoms with van der Waals surface area (Å²) in [5.74, 6) is -0.519. The molecule has 292 valence electrons. The Morgan fingerprint density at radius 3 is 1.71 bits per heavy atom. The maximum absolute atomic E-state index is 13.7. The number of likely N-dealkylation sites (tertiary alicyclic amines) is 2. The third-order valence-electron chi connectivity index (χ3n) is 12.4. The number of carboxylic acid groups (broad SMARTS) is 1.